The molecule has 0 spiro atoms. The molecule has 18 heavy (non-hydrogen) atoms. The molecule has 1 atom stereocenters. The number of amides is 1. The van der Waals surface area contributed by atoms with Crippen LogP contribution in [0.4, 0.5) is 0 Å². The quantitative estimate of drug-likeness (QED) is 0.755. The van der Waals surface area contributed by atoms with E-state index in [-0.39, 0.29) is 5.91 Å². The van der Waals surface area contributed by atoms with Crippen molar-refractivity contribution in [2.24, 2.45) is 5.41 Å². The van der Waals surface area contributed by atoms with Gasteiger partial charge in [0.1, 0.15) is 4.33 Å². The first-order chi connectivity index (χ1) is 8.26. The molecule has 2 rings (SSSR count). The van der Waals surface area contributed by atoms with E-state index < -0.39 is 9.75 Å². The van der Waals surface area contributed by atoms with Crippen LogP contribution in [0.25, 0.3) is 0 Å². The Labute approximate surface area is 125 Å². The number of alkyl halides is 2. The van der Waals surface area contributed by atoms with Crippen molar-refractivity contribution >= 4 is 45.0 Å². The van der Waals surface area contributed by atoms with Crippen LogP contribution in [0.5, 0.6) is 0 Å². The van der Waals surface area contributed by atoms with Gasteiger partial charge in [-0.05, 0) is 31.0 Å². The van der Waals surface area contributed by atoms with Crippen LogP contribution in [0, 0.1) is 5.41 Å². The van der Waals surface area contributed by atoms with Gasteiger partial charge in [0.2, 0.25) is 5.91 Å². The van der Waals surface area contributed by atoms with Crippen molar-refractivity contribution in [1.29, 1.82) is 0 Å². The summed E-state index contributed by atoms with van der Waals surface area (Å²) >= 11 is 15.4. The average Bonchev–Trinajstić information content (AvgIpc) is 2.81. The first kappa shape index (κ1) is 14.2. The average molecular weight is 351 g/mol. The molecule has 5 heteroatoms. The van der Waals surface area contributed by atoms with Gasteiger partial charge < -0.3 is 4.90 Å². The van der Waals surface area contributed by atoms with Crippen LogP contribution in [0.1, 0.15) is 18.9 Å². The highest BCUT2D eigenvalue weighted by atomic mass is 79.9. The highest BCUT2D eigenvalue weighted by Gasteiger charge is 2.68. The minimum atomic E-state index is -0.905. The molecule has 1 aromatic rings. The van der Waals surface area contributed by atoms with Crippen molar-refractivity contribution in [2.75, 3.05) is 7.05 Å². The van der Waals surface area contributed by atoms with E-state index >= 15 is 0 Å². The van der Waals surface area contributed by atoms with E-state index in [4.69, 9.17) is 23.2 Å². The number of halogens is 3. The zero-order valence-electron chi connectivity index (χ0n) is 10.2. The highest BCUT2D eigenvalue weighted by molar-refractivity contribution is 9.10. The maximum atomic E-state index is 12.3. The molecule has 0 heterocycles. The zero-order valence-corrected chi connectivity index (χ0v) is 13.3. The van der Waals surface area contributed by atoms with Crippen LogP contribution in [0.15, 0.2) is 28.7 Å². The number of rotatable bonds is 3. The summed E-state index contributed by atoms with van der Waals surface area (Å²) in [4.78, 5) is 13.9. The van der Waals surface area contributed by atoms with Crippen molar-refractivity contribution < 1.29 is 4.79 Å². The normalized spacial score (nSPS) is 24.7. The molecule has 1 aliphatic carbocycles. The predicted octanol–water partition coefficient (Wildman–Crippen LogP) is 3.99. The van der Waals surface area contributed by atoms with E-state index in [0.29, 0.717) is 13.0 Å². The largest absolute Gasteiger partial charge is 0.341 e. The van der Waals surface area contributed by atoms with Gasteiger partial charge in [-0.1, -0.05) is 28.1 Å². The minimum Gasteiger partial charge on any atom is -0.341 e. The number of benzene rings is 1. The molecule has 98 valence electrons. The minimum absolute atomic E-state index is 0.00424. The molecule has 1 aliphatic rings. The lowest BCUT2D eigenvalue weighted by Gasteiger charge is -2.22. The molecule has 0 saturated heterocycles. The van der Waals surface area contributed by atoms with Crippen molar-refractivity contribution in [3.05, 3.63) is 34.3 Å². The SMILES string of the molecule is CN(Cc1ccc(Br)cc1)C(=O)C1(C)CC1(Cl)Cl. The molecule has 1 unspecified atom stereocenters. The Bertz CT molecular complexity index is 474. The maximum absolute atomic E-state index is 12.3. The van der Waals surface area contributed by atoms with Gasteiger partial charge >= 0.3 is 0 Å². The molecule has 2 nitrogen and oxygen atoms in total. The van der Waals surface area contributed by atoms with Gasteiger partial charge in [-0.2, -0.15) is 0 Å². The topological polar surface area (TPSA) is 20.3 Å². The van der Waals surface area contributed by atoms with Gasteiger partial charge in [-0.3, -0.25) is 4.79 Å². The van der Waals surface area contributed by atoms with Gasteiger partial charge in [-0.25, -0.2) is 0 Å². The smallest absolute Gasteiger partial charge is 0.231 e. The summed E-state index contributed by atoms with van der Waals surface area (Å²) in [5, 5.41) is 0. The third-order valence-electron chi connectivity index (χ3n) is 3.41. The molecule has 1 aromatic carbocycles. The molecule has 1 saturated carbocycles. The third-order valence-corrected chi connectivity index (χ3v) is 5.04. The Hall–Kier alpha value is -0.250. The second-order valence-electron chi connectivity index (χ2n) is 5.00. The lowest BCUT2D eigenvalue weighted by molar-refractivity contribution is -0.135. The summed E-state index contributed by atoms with van der Waals surface area (Å²) in [5.74, 6) is -0.00424. The summed E-state index contributed by atoms with van der Waals surface area (Å²) in [5.41, 5.74) is 0.438. The summed E-state index contributed by atoms with van der Waals surface area (Å²) in [6, 6.07) is 7.88. The molecule has 0 bridgehead atoms. The van der Waals surface area contributed by atoms with Crippen LogP contribution >= 0.6 is 39.1 Å². The number of nitrogens with zero attached hydrogens (tertiary/aromatic N) is 1. The lowest BCUT2D eigenvalue weighted by atomic mass is 10.1. The van der Waals surface area contributed by atoms with Crippen molar-refractivity contribution in [3.63, 3.8) is 0 Å². The van der Waals surface area contributed by atoms with Gasteiger partial charge in [0.05, 0.1) is 5.41 Å². The Morgan fingerprint density at radius 2 is 1.89 bits per heavy atom. The lowest BCUT2D eigenvalue weighted by Crippen LogP contribution is -2.34. The molecule has 1 fully saturated rings. The third kappa shape index (κ3) is 2.54. The fourth-order valence-corrected chi connectivity index (χ4v) is 2.95. The monoisotopic (exact) mass is 349 g/mol. The molecular formula is C13H14BrCl2NO. The van der Waals surface area contributed by atoms with E-state index in [1.54, 1.807) is 11.9 Å². The van der Waals surface area contributed by atoms with Crippen LogP contribution in [-0.2, 0) is 11.3 Å². The van der Waals surface area contributed by atoms with E-state index in [1.165, 1.54) is 0 Å². The van der Waals surface area contributed by atoms with Crippen LogP contribution in [-0.4, -0.2) is 22.2 Å². The fourth-order valence-electron chi connectivity index (χ4n) is 1.99. The molecule has 0 aromatic heterocycles. The number of hydrogen-bond acceptors (Lipinski definition) is 1. The molecule has 0 radical (unpaired) electrons. The molecule has 0 N–H and O–H groups in total. The van der Waals surface area contributed by atoms with Crippen molar-refractivity contribution in [3.8, 4) is 0 Å². The summed E-state index contributed by atoms with van der Waals surface area (Å²) < 4.78 is 0.118. The second kappa shape index (κ2) is 4.69. The van der Waals surface area contributed by atoms with Crippen molar-refractivity contribution in [1.82, 2.24) is 4.90 Å². The number of carbonyl (C=O) groups is 1. The zero-order chi connectivity index (χ0) is 13.6. The van der Waals surface area contributed by atoms with E-state index in [2.05, 4.69) is 15.9 Å². The predicted molar refractivity (Wildman–Crippen MR) is 77.8 cm³/mol. The number of carbonyl (C=O) groups excluding carboxylic acids is 1. The molecule has 0 aliphatic heterocycles. The van der Waals surface area contributed by atoms with Crippen molar-refractivity contribution in [2.45, 2.75) is 24.2 Å². The molecular weight excluding hydrogens is 337 g/mol. The van der Waals surface area contributed by atoms with E-state index in [1.807, 2.05) is 31.2 Å². The first-order valence-corrected chi connectivity index (χ1v) is 7.19. The Morgan fingerprint density at radius 1 is 1.39 bits per heavy atom. The second-order valence-corrected chi connectivity index (χ2v) is 7.40. The Kier molecular flexibility index (Phi) is 3.69. The fraction of sp³-hybridized carbons (Fsp3) is 0.462. The van der Waals surface area contributed by atoms with Gasteiger partial charge in [-0.15, -0.1) is 23.2 Å². The van der Waals surface area contributed by atoms with Gasteiger partial charge in [0.25, 0.3) is 0 Å². The van der Waals surface area contributed by atoms with Crippen LogP contribution < -0.4 is 0 Å². The summed E-state index contributed by atoms with van der Waals surface area (Å²) in [6.07, 6.45) is 0.520. The highest BCUT2D eigenvalue weighted by Crippen LogP contribution is 2.64. The standard InChI is InChI=1S/C13H14BrCl2NO/c1-12(8-13(12,15)16)11(18)17(2)7-9-3-5-10(14)6-4-9/h3-6H,7-8H2,1-2H3. The maximum Gasteiger partial charge on any atom is 0.231 e. The Balaban J connectivity index is 2.03. The van der Waals surface area contributed by atoms with Crippen LogP contribution in [0.2, 0.25) is 0 Å². The summed E-state index contributed by atoms with van der Waals surface area (Å²) in [6.45, 7) is 2.37. The van der Waals surface area contributed by atoms with Gasteiger partial charge in [0, 0.05) is 18.1 Å². The first-order valence-electron chi connectivity index (χ1n) is 5.64. The molecule has 1 amide bonds. The van der Waals surface area contributed by atoms with Crippen LogP contribution in [0.3, 0.4) is 0 Å². The Morgan fingerprint density at radius 3 is 2.33 bits per heavy atom. The van der Waals surface area contributed by atoms with E-state index in [9.17, 15) is 4.79 Å². The van der Waals surface area contributed by atoms with Gasteiger partial charge in [0.15, 0.2) is 0 Å². The number of hydrogen-bond donors (Lipinski definition) is 0. The van der Waals surface area contributed by atoms with E-state index in [0.717, 1.165) is 10.0 Å². The summed E-state index contributed by atoms with van der Waals surface area (Å²) in [7, 11) is 1.78.